The lowest BCUT2D eigenvalue weighted by Gasteiger charge is -2.34. The van der Waals surface area contributed by atoms with Crippen LogP contribution in [0, 0.1) is 0 Å². The summed E-state index contributed by atoms with van der Waals surface area (Å²) in [4.78, 5) is 0. The Balaban J connectivity index is 1.84. The van der Waals surface area contributed by atoms with Gasteiger partial charge in [-0.3, -0.25) is 0 Å². The molecule has 2 N–H and O–H groups in total. The predicted octanol–water partition coefficient (Wildman–Crippen LogP) is 2.07. The van der Waals surface area contributed by atoms with E-state index in [4.69, 9.17) is 19.9 Å². The van der Waals surface area contributed by atoms with Gasteiger partial charge in [-0.05, 0) is 18.5 Å². The third-order valence-electron chi connectivity index (χ3n) is 3.41. The van der Waals surface area contributed by atoms with Crippen LogP contribution in [0.15, 0.2) is 30.3 Å². The van der Waals surface area contributed by atoms with E-state index < -0.39 is 0 Å². The summed E-state index contributed by atoms with van der Waals surface area (Å²) < 4.78 is 17.1. The first-order valence-corrected chi connectivity index (χ1v) is 6.85. The van der Waals surface area contributed by atoms with E-state index in [0.29, 0.717) is 13.2 Å². The average Bonchev–Trinajstić information content (AvgIpc) is 2.46. The fourth-order valence-electron chi connectivity index (χ4n) is 2.38. The van der Waals surface area contributed by atoms with Crippen LogP contribution in [-0.2, 0) is 20.8 Å². The van der Waals surface area contributed by atoms with Gasteiger partial charge in [-0.15, -0.1) is 0 Å². The molecule has 0 spiro atoms. The van der Waals surface area contributed by atoms with E-state index in [9.17, 15) is 0 Å². The maximum atomic E-state index is 5.98. The van der Waals surface area contributed by atoms with Gasteiger partial charge in [0.2, 0.25) is 0 Å². The summed E-state index contributed by atoms with van der Waals surface area (Å²) in [7, 11) is 1.67. The Hall–Kier alpha value is -0.940. The molecule has 2 rings (SSSR count). The highest BCUT2D eigenvalue weighted by atomic mass is 16.7. The molecule has 1 saturated heterocycles. The molecule has 1 aliphatic heterocycles. The van der Waals surface area contributed by atoms with Crippen LogP contribution >= 0.6 is 0 Å². The quantitative estimate of drug-likeness (QED) is 0.855. The van der Waals surface area contributed by atoms with Gasteiger partial charge in [0, 0.05) is 20.0 Å². The lowest BCUT2D eigenvalue weighted by molar-refractivity contribution is -0.213. The van der Waals surface area contributed by atoms with Gasteiger partial charge < -0.3 is 19.9 Å². The number of methoxy groups -OCH3 is 1. The fourth-order valence-corrected chi connectivity index (χ4v) is 2.38. The van der Waals surface area contributed by atoms with Gasteiger partial charge in [-0.2, -0.15) is 0 Å². The zero-order valence-electron chi connectivity index (χ0n) is 11.5. The summed E-state index contributed by atoms with van der Waals surface area (Å²) in [6.45, 7) is 1.27. The van der Waals surface area contributed by atoms with Crippen molar-refractivity contribution in [2.75, 3.05) is 13.7 Å². The van der Waals surface area contributed by atoms with Crippen LogP contribution in [0.1, 0.15) is 24.8 Å². The topological polar surface area (TPSA) is 53.7 Å². The van der Waals surface area contributed by atoms with Crippen LogP contribution in [0.2, 0.25) is 0 Å². The molecule has 1 aromatic carbocycles. The molecule has 3 unspecified atom stereocenters. The number of hydrogen-bond acceptors (Lipinski definition) is 4. The molecular formula is C15H23NO3. The van der Waals surface area contributed by atoms with Crippen molar-refractivity contribution in [3.63, 3.8) is 0 Å². The molecule has 1 fully saturated rings. The van der Waals surface area contributed by atoms with Gasteiger partial charge >= 0.3 is 0 Å². The summed E-state index contributed by atoms with van der Waals surface area (Å²) in [5.74, 6) is 0. The number of nitrogens with two attached hydrogens (primary N) is 1. The molecule has 3 atom stereocenters. The van der Waals surface area contributed by atoms with Gasteiger partial charge in [0.1, 0.15) is 0 Å². The van der Waals surface area contributed by atoms with Crippen molar-refractivity contribution in [3.8, 4) is 0 Å². The minimum absolute atomic E-state index is 0.143. The summed E-state index contributed by atoms with van der Waals surface area (Å²) >= 11 is 0. The average molecular weight is 265 g/mol. The van der Waals surface area contributed by atoms with Crippen molar-refractivity contribution in [1.82, 2.24) is 0 Å². The Morgan fingerprint density at radius 3 is 2.74 bits per heavy atom. The van der Waals surface area contributed by atoms with E-state index in [0.717, 1.165) is 19.3 Å². The van der Waals surface area contributed by atoms with Crippen LogP contribution in [0.4, 0.5) is 0 Å². The standard InChI is InChI=1S/C15H23NO3/c1-17-15-10-14(9-13(19-15)7-8-16)18-11-12-5-3-2-4-6-12/h2-6,13-15H,7-11,16H2,1H3. The molecule has 0 radical (unpaired) electrons. The van der Waals surface area contributed by atoms with E-state index in [2.05, 4.69) is 12.1 Å². The van der Waals surface area contributed by atoms with Crippen LogP contribution in [-0.4, -0.2) is 32.2 Å². The molecule has 1 heterocycles. The summed E-state index contributed by atoms with van der Waals surface area (Å²) in [6, 6.07) is 10.2. The smallest absolute Gasteiger partial charge is 0.160 e. The molecule has 1 aromatic rings. The van der Waals surface area contributed by atoms with Gasteiger partial charge in [0.05, 0.1) is 18.8 Å². The third kappa shape index (κ3) is 4.58. The lowest BCUT2D eigenvalue weighted by atomic mass is 10.0. The Morgan fingerprint density at radius 1 is 1.26 bits per heavy atom. The molecule has 19 heavy (non-hydrogen) atoms. The van der Waals surface area contributed by atoms with Crippen LogP contribution < -0.4 is 5.73 Å². The normalized spacial score (nSPS) is 27.4. The van der Waals surface area contributed by atoms with Crippen molar-refractivity contribution < 1.29 is 14.2 Å². The highest BCUT2D eigenvalue weighted by Crippen LogP contribution is 2.25. The number of hydrogen-bond donors (Lipinski definition) is 1. The van der Waals surface area contributed by atoms with Gasteiger partial charge in [-0.1, -0.05) is 30.3 Å². The molecular weight excluding hydrogens is 242 g/mol. The summed E-state index contributed by atoms with van der Waals surface area (Å²) in [6.07, 6.45) is 2.67. The predicted molar refractivity (Wildman–Crippen MR) is 73.6 cm³/mol. The largest absolute Gasteiger partial charge is 0.373 e. The first-order chi connectivity index (χ1) is 9.31. The van der Waals surface area contributed by atoms with Crippen molar-refractivity contribution in [2.45, 2.75) is 44.4 Å². The fraction of sp³-hybridized carbons (Fsp3) is 0.600. The maximum absolute atomic E-state index is 5.98. The monoisotopic (exact) mass is 265 g/mol. The van der Waals surface area contributed by atoms with Crippen LogP contribution in [0.25, 0.3) is 0 Å². The zero-order chi connectivity index (χ0) is 13.5. The van der Waals surface area contributed by atoms with Crippen molar-refractivity contribution in [1.29, 1.82) is 0 Å². The Labute approximate surface area is 114 Å². The molecule has 0 amide bonds. The van der Waals surface area contributed by atoms with E-state index in [-0.39, 0.29) is 18.5 Å². The Bertz CT molecular complexity index is 358. The van der Waals surface area contributed by atoms with Crippen molar-refractivity contribution in [3.05, 3.63) is 35.9 Å². The van der Waals surface area contributed by atoms with Gasteiger partial charge in [0.25, 0.3) is 0 Å². The summed E-state index contributed by atoms with van der Waals surface area (Å²) in [5, 5.41) is 0. The highest BCUT2D eigenvalue weighted by molar-refractivity contribution is 5.13. The molecule has 106 valence electrons. The second-order valence-electron chi connectivity index (χ2n) is 4.89. The molecule has 4 heteroatoms. The summed E-state index contributed by atoms with van der Waals surface area (Å²) in [5.41, 5.74) is 6.79. The minimum atomic E-state index is -0.175. The van der Waals surface area contributed by atoms with Crippen LogP contribution in [0.3, 0.4) is 0 Å². The zero-order valence-corrected chi connectivity index (χ0v) is 11.5. The van der Waals surface area contributed by atoms with Crippen LogP contribution in [0.5, 0.6) is 0 Å². The number of rotatable bonds is 6. The molecule has 1 aliphatic rings. The third-order valence-corrected chi connectivity index (χ3v) is 3.41. The van der Waals surface area contributed by atoms with Crippen molar-refractivity contribution >= 4 is 0 Å². The molecule has 4 nitrogen and oxygen atoms in total. The molecule has 0 saturated carbocycles. The molecule has 0 aliphatic carbocycles. The van der Waals surface area contributed by atoms with E-state index in [1.807, 2.05) is 18.2 Å². The van der Waals surface area contributed by atoms with Crippen molar-refractivity contribution in [2.24, 2.45) is 5.73 Å². The number of ether oxygens (including phenoxy) is 3. The first kappa shape index (κ1) is 14.5. The lowest BCUT2D eigenvalue weighted by Crippen LogP contribution is -2.38. The SMILES string of the molecule is COC1CC(OCc2ccccc2)CC(CCN)O1. The highest BCUT2D eigenvalue weighted by Gasteiger charge is 2.29. The van der Waals surface area contributed by atoms with E-state index in [1.165, 1.54) is 5.56 Å². The Morgan fingerprint density at radius 2 is 2.05 bits per heavy atom. The van der Waals surface area contributed by atoms with E-state index >= 15 is 0 Å². The molecule has 0 bridgehead atoms. The second-order valence-corrected chi connectivity index (χ2v) is 4.89. The van der Waals surface area contributed by atoms with E-state index in [1.54, 1.807) is 7.11 Å². The number of benzene rings is 1. The van der Waals surface area contributed by atoms with Gasteiger partial charge in [0.15, 0.2) is 6.29 Å². The minimum Gasteiger partial charge on any atom is -0.373 e. The Kier molecular flexibility index (Phi) is 5.79. The molecule has 0 aromatic heterocycles. The van der Waals surface area contributed by atoms with Gasteiger partial charge in [-0.25, -0.2) is 0 Å². The second kappa shape index (κ2) is 7.60. The first-order valence-electron chi connectivity index (χ1n) is 6.85. The maximum Gasteiger partial charge on any atom is 0.160 e.